The highest BCUT2D eigenvalue weighted by atomic mass is 16.3. The summed E-state index contributed by atoms with van der Waals surface area (Å²) in [7, 11) is 0. The Hall–Kier alpha value is -2.85. The van der Waals surface area contributed by atoms with Gasteiger partial charge in [0.05, 0.1) is 25.4 Å². The minimum absolute atomic E-state index is 0.00356. The summed E-state index contributed by atoms with van der Waals surface area (Å²) in [6.45, 7) is 3.60. The number of carbonyl (C=O) groups is 1. The summed E-state index contributed by atoms with van der Waals surface area (Å²) in [6, 6.07) is 23.9. The summed E-state index contributed by atoms with van der Waals surface area (Å²) in [4.78, 5) is 14.7. The fraction of sp³-hybridized carbons (Fsp3) is 0.227. The third-order valence-corrected chi connectivity index (χ3v) is 4.25. The average Bonchev–Trinajstić information content (AvgIpc) is 3.16. The zero-order valence-electron chi connectivity index (χ0n) is 15.0. The molecular formula is C22H24N2O2. The first kappa shape index (κ1) is 18.0. The van der Waals surface area contributed by atoms with Gasteiger partial charge in [-0.2, -0.15) is 0 Å². The normalized spacial score (nSPS) is 12.1. The van der Waals surface area contributed by atoms with Gasteiger partial charge in [0.25, 0.3) is 0 Å². The standard InChI is InChI=1S/C22H24N2O2/c1-18(20-11-6-3-7-12-20)23-22(25)17-24(16-21-13-8-14-26-21)15-19-9-4-2-5-10-19/h2-14,18H,15-17H2,1H3,(H,23,25). The summed E-state index contributed by atoms with van der Waals surface area (Å²) < 4.78 is 5.46. The van der Waals surface area contributed by atoms with Crippen molar-refractivity contribution in [3.8, 4) is 0 Å². The number of nitrogens with one attached hydrogen (secondary N) is 1. The van der Waals surface area contributed by atoms with Crippen LogP contribution < -0.4 is 5.32 Å². The number of nitrogens with zero attached hydrogens (tertiary/aromatic N) is 1. The molecule has 3 aromatic rings. The maximum Gasteiger partial charge on any atom is 0.234 e. The van der Waals surface area contributed by atoms with Crippen molar-refractivity contribution in [2.24, 2.45) is 0 Å². The third-order valence-electron chi connectivity index (χ3n) is 4.25. The number of hydrogen-bond acceptors (Lipinski definition) is 3. The molecule has 1 amide bonds. The zero-order valence-corrected chi connectivity index (χ0v) is 15.0. The van der Waals surface area contributed by atoms with Gasteiger partial charge in [0.2, 0.25) is 5.91 Å². The fourth-order valence-corrected chi connectivity index (χ4v) is 2.95. The molecule has 0 aliphatic rings. The minimum Gasteiger partial charge on any atom is -0.468 e. The van der Waals surface area contributed by atoms with Crippen LogP contribution in [-0.4, -0.2) is 17.4 Å². The largest absolute Gasteiger partial charge is 0.468 e. The Kier molecular flexibility index (Phi) is 6.23. The highest BCUT2D eigenvalue weighted by molar-refractivity contribution is 5.78. The molecule has 0 bridgehead atoms. The van der Waals surface area contributed by atoms with Crippen LogP contribution >= 0.6 is 0 Å². The van der Waals surface area contributed by atoms with Crippen LogP contribution in [0.15, 0.2) is 83.5 Å². The number of furan rings is 1. The Balaban J connectivity index is 1.63. The molecule has 4 nitrogen and oxygen atoms in total. The minimum atomic E-state index is -0.0223. The summed E-state index contributed by atoms with van der Waals surface area (Å²) >= 11 is 0. The van der Waals surface area contributed by atoms with E-state index in [2.05, 4.69) is 22.3 Å². The van der Waals surface area contributed by atoms with Crippen molar-refractivity contribution in [2.45, 2.75) is 26.1 Å². The number of benzene rings is 2. The highest BCUT2D eigenvalue weighted by Gasteiger charge is 2.15. The van der Waals surface area contributed by atoms with Gasteiger partial charge in [-0.05, 0) is 30.2 Å². The van der Waals surface area contributed by atoms with Crippen LogP contribution in [0.25, 0.3) is 0 Å². The van der Waals surface area contributed by atoms with Crippen molar-refractivity contribution < 1.29 is 9.21 Å². The van der Waals surface area contributed by atoms with E-state index in [0.717, 1.165) is 11.3 Å². The Labute approximate surface area is 154 Å². The summed E-state index contributed by atoms with van der Waals surface area (Å²) in [5.41, 5.74) is 2.27. The third kappa shape index (κ3) is 5.33. The average molecular weight is 348 g/mol. The topological polar surface area (TPSA) is 45.5 Å². The van der Waals surface area contributed by atoms with Gasteiger partial charge in [-0.3, -0.25) is 9.69 Å². The highest BCUT2D eigenvalue weighted by Crippen LogP contribution is 2.13. The lowest BCUT2D eigenvalue weighted by molar-refractivity contribution is -0.123. The van der Waals surface area contributed by atoms with Crippen LogP contribution in [0.4, 0.5) is 0 Å². The van der Waals surface area contributed by atoms with E-state index in [9.17, 15) is 4.79 Å². The van der Waals surface area contributed by atoms with Crippen molar-refractivity contribution in [3.05, 3.63) is 95.9 Å². The number of amides is 1. The van der Waals surface area contributed by atoms with Gasteiger partial charge in [-0.25, -0.2) is 0 Å². The SMILES string of the molecule is CC(NC(=O)CN(Cc1ccccc1)Cc1ccco1)c1ccccc1. The lowest BCUT2D eigenvalue weighted by atomic mass is 10.1. The molecule has 0 aliphatic carbocycles. The van der Waals surface area contributed by atoms with Gasteiger partial charge in [0.15, 0.2) is 0 Å². The molecule has 3 rings (SSSR count). The van der Waals surface area contributed by atoms with Crippen LogP contribution in [0.1, 0.15) is 29.9 Å². The maximum absolute atomic E-state index is 12.6. The van der Waals surface area contributed by atoms with Crippen molar-refractivity contribution in [1.82, 2.24) is 10.2 Å². The Morgan fingerprint density at radius 2 is 1.65 bits per heavy atom. The second kappa shape index (κ2) is 9.02. The zero-order chi connectivity index (χ0) is 18.2. The van der Waals surface area contributed by atoms with E-state index in [1.165, 1.54) is 5.56 Å². The molecule has 4 heteroatoms. The second-order valence-corrected chi connectivity index (χ2v) is 6.41. The van der Waals surface area contributed by atoms with Gasteiger partial charge >= 0.3 is 0 Å². The molecule has 1 unspecified atom stereocenters. The monoisotopic (exact) mass is 348 g/mol. The molecule has 26 heavy (non-hydrogen) atoms. The first-order valence-corrected chi connectivity index (χ1v) is 8.83. The van der Waals surface area contributed by atoms with E-state index >= 15 is 0 Å². The molecule has 0 saturated carbocycles. The second-order valence-electron chi connectivity index (χ2n) is 6.41. The van der Waals surface area contributed by atoms with Gasteiger partial charge in [-0.1, -0.05) is 60.7 Å². The van der Waals surface area contributed by atoms with Gasteiger partial charge in [-0.15, -0.1) is 0 Å². The smallest absolute Gasteiger partial charge is 0.234 e. The number of rotatable bonds is 8. The molecule has 1 heterocycles. The van der Waals surface area contributed by atoms with Crippen LogP contribution in [0.3, 0.4) is 0 Å². The van der Waals surface area contributed by atoms with Crippen molar-refractivity contribution >= 4 is 5.91 Å². The maximum atomic E-state index is 12.6. The predicted molar refractivity (Wildman–Crippen MR) is 102 cm³/mol. The Morgan fingerprint density at radius 3 is 2.31 bits per heavy atom. The predicted octanol–water partition coefficient (Wildman–Crippen LogP) is 4.16. The molecule has 1 atom stereocenters. The summed E-state index contributed by atoms with van der Waals surface area (Å²) in [6.07, 6.45) is 1.66. The Bertz CT molecular complexity index is 786. The number of hydrogen-bond donors (Lipinski definition) is 1. The summed E-state index contributed by atoms with van der Waals surface area (Å²) in [5.74, 6) is 0.855. The first-order chi connectivity index (χ1) is 12.7. The van der Waals surface area contributed by atoms with Crippen LogP contribution in [0.2, 0.25) is 0 Å². The molecule has 0 spiro atoms. The lowest BCUT2D eigenvalue weighted by Crippen LogP contribution is -2.37. The van der Waals surface area contributed by atoms with E-state index in [1.807, 2.05) is 67.6 Å². The lowest BCUT2D eigenvalue weighted by Gasteiger charge is -2.22. The van der Waals surface area contributed by atoms with E-state index in [1.54, 1.807) is 6.26 Å². The molecule has 0 fully saturated rings. The fourth-order valence-electron chi connectivity index (χ4n) is 2.95. The van der Waals surface area contributed by atoms with Crippen LogP contribution in [-0.2, 0) is 17.9 Å². The molecule has 1 N–H and O–H groups in total. The van der Waals surface area contributed by atoms with Gasteiger partial charge in [0.1, 0.15) is 5.76 Å². The van der Waals surface area contributed by atoms with E-state index in [-0.39, 0.29) is 11.9 Å². The van der Waals surface area contributed by atoms with Gasteiger partial charge in [0, 0.05) is 6.54 Å². The molecule has 0 radical (unpaired) electrons. The molecule has 0 aliphatic heterocycles. The molecule has 134 valence electrons. The Morgan fingerprint density at radius 1 is 0.962 bits per heavy atom. The molecular weight excluding hydrogens is 324 g/mol. The van der Waals surface area contributed by atoms with Crippen molar-refractivity contribution in [1.29, 1.82) is 0 Å². The van der Waals surface area contributed by atoms with Crippen LogP contribution in [0.5, 0.6) is 0 Å². The molecule has 1 aromatic heterocycles. The van der Waals surface area contributed by atoms with Crippen LogP contribution in [0, 0.1) is 0 Å². The molecule has 2 aromatic carbocycles. The van der Waals surface area contributed by atoms with E-state index in [0.29, 0.717) is 19.6 Å². The van der Waals surface area contributed by atoms with Gasteiger partial charge < -0.3 is 9.73 Å². The number of carbonyl (C=O) groups excluding carboxylic acids is 1. The quantitative estimate of drug-likeness (QED) is 0.665. The molecule has 0 saturated heterocycles. The van der Waals surface area contributed by atoms with Crippen molar-refractivity contribution in [2.75, 3.05) is 6.54 Å². The summed E-state index contributed by atoms with van der Waals surface area (Å²) in [5, 5.41) is 3.08. The van der Waals surface area contributed by atoms with Crippen molar-refractivity contribution in [3.63, 3.8) is 0 Å². The van der Waals surface area contributed by atoms with E-state index < -0.39 is 0 Å². The van der Waals surface area contributed by atoms with E-state index in [4.69, 9.17) is 4.42 Å². The first-order valence-electron chi connectivity index (χ1n) is 8.83.